The van der Waals surface area contributed by atoms with E-state index in [2.05, 4.69) is 16.9 Å². The normalized spacial score (nSPS) is 10.3. The quantitative estimate of drug-likeness (QED) is 0.430. The number of ether oxygens (including phenoxy) is 1. The van der Waals surface area contributed by atoms with Gasteiger partial charge < -0.3 is 10.1 Å². The third-order valence-corrected chi connectivity index (χ3v) is 5.26. The van der Waals surface area contributed by atoms with Crippen molar-refractivity contribution >= 4 is 35.0 Å². The summed E-state index contributed by atoms with van der Waals surface area (Å²) >= 11 is 3.03. The maximum absolute atomic E-state index is 12.0. The van der Waals surface area contributed by atoms with Crippen LogP contribution in [0.15, 0.2) is 41.8 Å². The molecule has 1 aromatic carbocycles. The second-order valence-electron chi connectivity index (χ2n) is 5.11. The fraction of sp³-hybridized carbons (Fsp3) is 0.278. The van der Waals surface area contributed by atoms with E-state index in [0.717, 1.165) is 15.3 Å². The molecule has 1 heterocycles. The minimum absolute atomic E-state index is 0.0689. The minimum atomic E-state index is -0.482. The number of thioether (sulfide) groups is 1. The highest BCUT2D eigenvalue weighted by molar-refractivity contribution is 7.98. The van der Waals surface area contributed by atoms with Crippen molar-refractivity contribution in [3.8, 4) is 10.4 Å². The molecule has 0 radical (unpaired) electrons. The van der Waals surface area contributed by atoms with Gasteiger partial charge in [0.1, 0.15) is 5.01 Å². The van der Waals surface area contributed by atoms with Crippen LogP contribution in [-0.2, 0) is 16.1 Å². The number of esters is 1. The smallest absolute Gasteiger partial charge is 0.358 e. The zero-order valence-corrected chi connectivity index (χ0v) is 15.8. The lowest BCUT2D eigenvalue weighted by Gasteiger charge is -2.02. The molecule has 5 nitrogen and oxygen atoms in total. The lowest BCUT2D eigenvalue weighted by atomic mass is 10.1. The standard InChI is InChI=1S/C18H20N2O3S2/c1-4-5-6-14(21)19-11-15-20-16(18(22)23-2)17(25-15)12-7-9-13(24-3)10-8-12/h4,7-10H,1,5-6,11H2,2-3H3,(H,19,21). The summed E-state index contributed by atoms with van der Waals surface area (Å²) in [5.41, 5.74) is 1.18. The third kappa shape index (κ3) is 5.17. The van der Waals surface area contributed by atoms with Gasteiger partial charge in [0.25, 0.3) is 0 Å². The average molecular weight is 377 g/mol. The molecule has 1 N–H and O–H groups in total. The zero-order valence-electron chi connectivity index (χ0n) is 14.2. The van der Waals surface area contributed by atoms with Gasteiger partial charge in [0, 0.05) is 11.3 Å². The van der Waals surface area contributed by atoms with Crippen LogP contribution in [0.4, 0.5) is 0 Å². The van der Waals surface area contributed by atoms with Crippen LogP contribution >= 0.6 is 23.1 Å². The molecular formula is C18H20N2O3S2. The van der Waals surface area contributed by atoms with E-state index in [0.29, 0.717) is 17.8 Å². The molecule has 25 heavy (non-hydrogen) atoms. The van der Waals surface area contributed by atoms with Crippen LogP contribution in [0.1, 0.15) is 28.3 Å². The molecule has 7 heteroatoms. The predicted molar refractivity (Wildman–Crippen MR) is 102 cm³/mol. The van der Waals surface area contributed by atoms with Gasteiger partial charge in [-0.05, 0) is 30.4 Å². The van der Waals surface area contributed by atoms with Crippen molar-refractivity contribution in [3.05, 3.63) is 47.6 Å². The van der Waals surface area contributed by atoms with Crippen molar-refractivity contribution < 1.29 is 14.3 Å². The second-order valence-corrected chi connectivity index (χ2v) is 7.07. The highest BCUT2D eigenvalue weighted by atomic mass is 32.2. The van der Waals surface area contributed by atoms with Crippen LogP contribution < -0.4 is 5.32 Å². The minimum Gasteiger partial charge on any atom is -0.464 e. The number of hydrogen-bond donors (Lipinski definition) is 1. The Balaban J connectivity index is 2.22. The Morgan fingerprint density at radius 2 is 2.08 bits per heavy atom. The number of carbonyl (C=O) groups excluding carboxylic acids is 2. The number of thiazole rings is 1. The Bertz CT molecular complexity index is 754. The number of rotatable bonds is 8. The monoisotopic (exact) mass is 376 g/mol. The maximum Gasteiger partial charge on any atom is 0.358 e. The molecule has 0 aliphatic carbocycles. The van der Waals surface area contributed by atoms with Crippen LogP contribution in [0, 0.1) is 0 Å². The maximum atomic E-state index is 12.0. The van der Waals surface area contributed by atoms with Gasteiger partial charge in [-0.2, -0.15) is 0 Å². The molecule has 2 aromatic rings. The Labute approximate surface area is 155 Å². The van der Waals surface area contributed by atoms with Crippen molar-refractivity contribution in [1.29, 1.82) is 0 Å². The zero-order chi connectivity index (χ0) is 18.2. The Morgan fingerprint density at radius 1 is 1.36 bits per heavy atom. The molecule has 2 rings (SSSR count). The van der Waals surface area contributed by atoms with Gasteiger partial charge in [0.2, 0.25) is 5.91 Å². The highest BCUT2D eigenvalue weighted by Crippen LogP contribution is 2.32. The topological polar surface area (TPSA) is 68.3 Å². The molecule has 0 saturated heterocycles. The van der Waals surface area contributed by atoms with Crippen molar-refractivity contribution in [2.75, 3.05) is 13.4 Å². The van der Waals surface area contributed by atoms with Gasteiger partial charge >= 0.3 is 5.97 Å². The summed E-state index contributed by atoms with van der Waals surface area (Å²) < 4.78 is 4.84. The van der Waals surface area contributed by atoms with Gasteiger partial charge in [0.05, 0.1) is 18.5 Å². The number of nitrogens with zero attached hydrogens (tertiary/aromatic N) is 1. The van der Waals surface area contributed by atoms with Gasteiger partial charge in [-0.25, -0.2) is 9.78 Å². The molecule has 132 valence electrons. The molecule has 0 unspecified atom stereocenters. The van der Waals surface area contributed by atoms with Crippen LogP contribution in [0.25, 0.3) is 10.4 Å². The average Bonchev–Trinajstić information content (AvgIpc) is 3.08. The summed E-state index contributed by atoms with van der Waals surface area (Å²) in [5, 5.41) is 3.47. The van der Waals surface area contributed by atoms with Crippen LogP contribution in [0.2, 0.25) is 0 Å². The third-order valence-electron chi connectivity index (χ3n) is 3.41. The Morgan fingerprint density at radius 3 is 2.68 bits per heavy atom. The first-order chi connectivity index (χ1) is 12.1. The Hall–Kier alpha value is -2.12. The number of methoxy groups -OCH3 is 1. The van der Waals surface area contributed by atoms with Crippen LogP contribution in [0.3, 0.4) is 0 Å². The van der Waals surface area contributed by atoms with Gasteiger partial charge in [0.15, 0.2) is 5.69 Å². The van der Waals surface area contributed by atoms with E-state index < -0.39 is 5.97 Å². The number of benzene rings is 1. The summed E-state index contributed by atoms with van der Waals surface area (Å²) in [4.78, 5) is 30.0. The number of hydrogen-bond acceptors (Lipinski definition) is 6. The van der Waals surface area contributed by atoms with Gasteiger partial charge in [-0.1, -0.05) is 18.2 Å². The summed E-state index contributed by atoms with van der Waals surface area (Å²) in [6, 6.07) is 7.91. The van der Waals surface area contributed by atoms with Gasteiger partial charge in [-0.15, -0.1) is 29.7 Å². The largest absolute Gasteiger partial charge is 0.464 e. The van der Waals surface area contributed by atoms with Crippen LogP contribution in [0.5, 0.6) is 0 Å². The number of nitrogens with one attached hydrogen (secondary N) is 1. The molecule has 0 atom stereocenters. The fourth-order valence-corrected chi connectivity index (χ4v) is 3.51. The number of amides is 1. The lowest BCUT2D eigenvalue weighted by Crippen LogP contribution is -2.22. The summed E-state index contributed by atoms with van der Waals surface area (Å²) in [7, 11) is 1.33. The summed E-state index contributed by atoms with van der Waals surface area (Å²) in [6.45, 7) is 3.88. The van der Waals surface area contributed by atoms with Gasteiger partial charge in [-0.3, -0.25) is 4.79 Å². The van der Waals surface area contributed by atoms with E-state index in [9.17, 15) is 9.59 Å². The molecule has 1 amide bonds. The first-order valence-corrected chi connectivity index (χ1v) is 9.73. The number of aromatic nitrogens is 1. The summed E-state index contributed by atoms with van der Waals surface area (Å²) in [5.74, 6) is -0.551. The number of allylic oxidation sites excluding steroid dienone is 1. The van der Waals surface area contributed by atoms with E-state index in [1.807, 2.05) is 30.5 Å². The predicted octanol–water partition coefficient (Wildman–Crippen LogP) is 3.90. The van der Waals surface area contributed by atoms with E-state index in [-0.39, 0.29) is 18.1 Å². The molecule has 0 aliphatic heterocycles. The van der Waals surface area contributed by atoms with Crippen molar-refractivity contribution in [2.45, 2.75) is 24.3 Å². The van der Waals surface area contributed by atoms with Crippen molar-refractivity contribution in [1.82, 2.24) is 10.3 Å². The molecule has 0 saturated carbocycles. The molecule has 0 aliphatic rings. The van der Waals surface area contributed by atoms with Crippen molar-refractivity contribution in [3.63, 3.8) is 0 Å². The van der Waals surface area contributed by atoms with Crippen molar-refractivity contribution in [2.24, 2.45) is 0 Å². The number of carbonyl (C=O) groups is 2. The lowest BCUT2D eigenvalue weighted by molar-refractivity contribution is -0.121. The molecule has 0 fully saturated rings. The second kappa shape index (κ2) is 9.39. The molecular weight excluding hydrogens is 356 g/mol. The van der Waals surface area contributed by atoms with E-state index >= 15 is 0 Å². The SMILES string of the molecule is C=CCCC(=O)NCc1nc(C(=O)OC)c(-c2ccc(SC)cc2)s1. The molecule has 0 bridgehead atoms. The summed E-state index contributed by atoms with van der Waals surface area (Å²) in [6.07, 6.45) is 4.73. The fourth-order valence-electron chi connectivity index (χ4n) is 2.11. The highest BCUT2D eigenvalue weighted by Gasteiger charge is 2.20. The Kier molecular flexibility index (Phi) is 7.21. The van der Waals surface area contributed by atoms with Crippen LogP contribution in [-0.4, -0.2) is 30.2 Å². The van der Waals surface area contributed by atoms with E-state index in [1.54, 1.807) is 17.8 Å². The molecule has 1 aromatic heterocycles. The van der Waals surface area contributed by atoms with E-state index in [4.69, 9.17) is 4.74 Å². The first kappa shape index (κ1) is 19.2. The first-order valence-electron chi connectivity index (χ1n) is 7.69. The van der Waals surface area contributed by atoms with E-state index in [1.165, 1.54) is 18.4 Å². The molecule has 0 spiro atoms.